The van der Waals surface area contributed by atoms with Crippen LogP contribution in [-0.2, 0) is 14.3 Å². The van der Waals surface area contributed by atoms with Gasteiger partial charge < -0.3 is 9.47 Å². The number of esters is 1. The molecule has 0 amide bonds. The highest BCUT2D eigenvalue weighted by atomic mass is 16.6. The Morgan fingerprint density at radius 1 is 1.47 bits per heavy atom. The fraction of sp³-hybridized carbons (Fsp3) is 0.250. The van der Waals surface area contributed by atoms with Crippen LogP contribution in [0.1, 0.15) is 11.7 Å². The van der Waals surface area contributed by atoms with Gasteiger partial charge in [0.2, 0.25) is 0 Å². The molecule has 0 radical (unpaired) electrons. The summed E-state index contributed by atoms with van der Waals surface area (Å²) in [4.78, 5) is 10.9. The molecule has 1 aromatic carbocycles. The van der Waals surface area contributed by atoms with Crippen molar-refractivity contribution in [3.8, 4) is 0 Å². The minimum absolute atomic E-state index is 0.200. The summed E-state index contributed by atoms with van der Waals surface area (Å²) in [7, 11) is 1.58. The number of carbonyl (C=O) groups is 1. The summed E-state index contributed by atoms with van der Waals surface area (Å²) in [6.07, 6.45) is 0.910. The third-order valence-corrected chi connectivity index (χ3v) is 2.00. The van der Waals surface area contributed by atoms with E-state index in [9.17, 15) is 4.79 Å². The summed E-state index contributed by atoms with van der Waals surface area (Å²) < 4.78 is 10.1. The lowest BCUT2D eigenvalue weighted by atomic mass is 10.1. The van der Waals surface area contributed by atoms with E-state index in [-0.39, 0.29) is 12.7 Å². The maximum Gasteiger partial charge on any atom is 0.330 e. The molecule has 1 unspecified atom stereocenters. The van der Waals surface area contributed by atoms with E-state index in [0.29, 0.717) is 0 Å². The standard InChI is InChI=1S/C12H14O3/c1-3-12(13)15-9-11(14-2)10-7-5-4-6-8-10/h3-8,11H,1,9H2,2H3. The Hall–Kier alpha value is -1.61. The van der Waals surface area contributed by atoms with Crippen LogP contribution in [0.2, 0.25) is 0 Å². The van der Waals surface area contributed by atoms with Gasteiger partial charge in [0.15, 0.2) is 0 Å². The highest BCUT2D eigenvalue weighted by Gasteiger charge is 2.11. The fourth-order valence-corrected chi connectivity index (χ4v) is 1.18. The largest absolute Gasteiger partial charge is 0.459 e. The third kappa shape index (κ3) is 3.56. The summed E-state index contributed by atoms with van der Waals surface area (Å²) in [5.74, 6) is -0.437. The Labute approximate surface area is 89.3 Å². The molecular formula is C12H14O3. The van der Waals surface area contributed by atoms with Gasteiger partial charge in [-0.05, 0) is 5.56 Å². The average Bonchev–Trinajstić information content (AvgIpc) is 2.31. The van der Waals surface area contributed by atoms with E-state index >= 15 is 0 Å². The lowest BCUT2D eigenvalue weighted by molar-refractivity contribution is -0.141. The zero-order valence-electron chi connectivity index (χ0n) is 8.68. The third-order valence-electron chi connectivity index (χ3n) is 2.00. The molecule has 0 aliphatic heterocycles. The zero-order valence-corrected chi connectivity index (χ0v) is 8.68. The first-order chi connectivity index (χ1) is 7.27. The van der Waals surface area contributed by atoms with Crippen LogP contribution in [0, 0.1) is 0 Å². The molecule has 0 saturated heterocycles. The van der Waals surface area contributed by atoms with Crippen molar-refractivity contribution in [1.82, 2.24) is 0 Å². The van der Waals surface area contributed by atoms with Crippen molar-refractivity contribution < 1.29 is 14.3 Å². The van der Waals surface area contributed by atoms with Gasteiger partial charge >= 0.3 is 5.97 Å². The van der Waals surface area contributed by atoms with Gasteiger partial charge in [0.1, 0.15) is 12.7 Å². The topological polar surface area (TPSA) is 35.5 Å². The van der Waals surface area contributed by atoms with E-state index in [1.807, 2.05) is 30.3 Å². The molecule has 1 atom stereocenters. The van der Waals surface area contributed by atoms with Gasteiger partial charge in [-0.1, -0.05) is 36.9 Å². The number of ether oxygens (including phenoxy) is 2. The van der Waals surface area contributed by atoms with Gasteiger partial charge in [-0.25, -0.2) is 4.79 Å². The molecule has 80 valence electrons. The van der Waals surface area contributed by atoms with E-state index in [2.05, 4.69) is 6.58 Å². The molecule has 0 aliphatic rings. The first kappa shape index (κ1) is 11.5. The number of benzene rings is 1. The number of rotatable bonds is 5. The predicted molar refractivity (Wildman–Crippen MR) is 57.3 cm³/mol. The molecule has 0 heterocycles. The molecule has 3 nitrogen and oxygen atoms in total. The van der Waals surface area contributed by atoms with Gasteiger partial charge in [-0.15, -0.1) is 0 Å². The van der Waals surface area contributed by atoms with Crippen molar-refractivity contribution >= 4 is 5.97 Å². The number of hydrogen-bond acceptors (Lipinski definition) is 3. The Bertz CT molecular complexity index is 319. The summed E-state index contributed by atoms with van der Waals surface area (Å²) >= 11 is 0. The van der Waals surface area contributed by atoms with Crippen LogP contribution in [0.25, 0.3) is 0 Å². The second kappa shape index (κ2) is 5.98. The second-order valence-corrected chi connectivity index (χ2v) is 2.97. The van der Waals surface area contributed by atoms with Crippen LogP contribution in [0.4, 0.5) is 0 Å². The van der Waals surface area contributed by atoms with Crippen molar-refractivity contribution in [2.24, 2.45) is 0 Å². The van der Waals surface area contributed by atoms with E-state index in [4.69, 9.17) is 9.47 Å². The van der Waals surface area contributed by atoms with Crippen molar-refractivity contribution in [2.45, 2.75) is 6.10 Å². The molecule has 1 aromatic rings. The predicted octanol–water partition coefficient (Wildman–Crippen LogP) is 2.10. The van der Waals surface area contributed by atoms with E-state index < -0.39 is 5.97 Å². The molecule has 0 saturated carbocycles. The second-order valence-electron chi connectivity index (χ2n) is 2.97. The molecule has 0 fully saturated rings. The van der Waals surface area contributed by atoms with Crippen molar-refractivity contribution in [2.75, 3.05) is 13.7 Å². The molecule has 0 bridgehead atoms. The molecule has 0 spiro atoms. The van der Waals surface area contributed by atoms with Crippen LogP contribution in [0.3, 0.4) is 0 Å². The molecule has 1 rings (SSSR count). The van der Waals surface area contributed by atoms with E-state index in [0.717, 1.165) is 11.6 Å². The number of carbonyl (C=O) groups excluding carboxylic acids is 1. The van der Waals surface area contributed by atoms with Crippen LogP contribution in [-0.4, -0.2) is 19.7 Å². The van der Waals surface area contributed by atoms with Gasteiger partial charge in [-0.2, -0.15) is 0 Å². The normalized spacial score (nSPS) is 11.8. The molecule has 0 N–H and O–H groups in total. The Kier molecular flexibility index (Phi) is 4.57. The maximum atomic E-state index is 10.9. The molecule has 0 aliphatic carbocycles. The fourth-order valence-electron chi connectivity index (χ4n) is 1.18. The molecule has 3 heteroatoms. The summed E-state index contributed by atoms with van der Waals surface area (Å²) in [6, 6.07) is 9.60. The van der Waals surface area contributed by atoms with E-state index in [1.165, 1.54) is 0 Å². The van der Waals surface area contributed by atoms with Crippen LogP contribution < -0.4 is 0 Å². The van der Waals surface area contributed by atoms with Crippen LogP contribution >= 0.6 is 0 Å². The highest BCUT2D eigenvalue weighted by Crippen LogP contribution is 2.16. The average molecular weight is 206 g/mol. The van der Waals surface area contributed by atoms with Crippen LogP contribution in [0.15, 0.2) is 43.0 Å². The molecule has 15 heavy (non-hydrogen) atoms. The van der Waals surface area contributed by atoms with Crippen LogP contribution in [0.5, 0.6) is 0 Å². The lowest BCUT2D eigenvalue weighted by Gasteiger charge is -2.14. The van der Waals surface area contributed by atoms with Gasteiger partial charge in [0, 0.05) is 13.2 Å². The van der Waals surface area contributed by atoms with Crippen molar-refractivity contribution in [1.29, 1.82) is 0 Å². The monoisotopic (exact) mass is 206 g/mol. The summed E-state index contributed by atoms with van der Waals surface area (Å²) in [5.41, 5.74) is 0.983. The zero-order chi connectivity index (χ0) is 11.1. The van der Waals surface area contributed by atoms with Crippen molar-refractivity contribution in [3.63, 3.8) is 0 Å². The quantitative estimate of drug-likeness (QED) is 0.546. The van der Waals surface area contributed by atoms with E-state index in [1.54, 1.807) is 7.11 Å². The smallest absolute Gasteiger partial charge is 0.330 e. The molecule has 0 aromatic heterocycles. The Balaban J connectivity index is 2.57. The van der Waals surface area contributed by atoms with Gasteiger partial charge in [-0.3, -0.25) is 0 Å². The molecular weight excluding hydrogens is 192 g/mol. The summed E-state index contributed by atoms with van der Waals surface area (Å²) in [5, 5.41) is 0. The Morgan fingerprint density at radius 2 is 2.13 bits per heavy atom. The minimum Gasteiger partial charge on any atom is -0.459 e. The van der Waals surface area contributed by atoms with Crippen molar-refractivity contribution in [3.05, 3.63) is 48.6 Å². The van der Waals surface area contributed by atoms with Gasteiger partial charge in [0.25, 0.3) is 0 Å². The SMILES string of the molecule is C=CC(=O)OCC(OC)c1ccccc1. The van der Waals surface area contributed by atoms with Gasteiger partial charge in [0.05, 0.1) is 0 Å². The number of methoxy groups -OCH3 is 1. The number of hydrogen-bond donors (Lipinski definition) is 0. The Morgan fingerprint density at radius 3 is 2.67 bits per heavy atom. The minimum atomic E-state index is -0.437. The highest BCUT2D eigenvalue weighted by molar-refractivity contribution is 5.81. The maximum absolute atomic E-state index is 10.9. The summed E-state index contributed by atoms with van der Waals surface area (Å²) in [6.45, 7) is 3.52. The first-order valence-electron chi connectivity index (χ1n) is 4.65. The lowest BCUT2D eigenvalue weighted by Crippen LogP contribution is -2.12. The first-order valence-corrected chi connectivity index (χ1v) is 4.65.